The van der Waals surface area contributed by atoms with Crippen LogP contribution in [-0.4, -0.2) is 35.3 Å². The molecule has 0 radical (unpaired) electrons. The highest BCUT2D eigenvalue weighted by Gasteiger charge is 2.51. The molecule has 1 heterocycles. The summed E-state index contributed by atoms with van der Waals surface area (Å²) >= 11 is 0. The summed E-state index contributed by atoms with van der Waals surface area (Å²) in [5.74, 6) is -1.29. The Hall–Kier alpha value is -3.68. The third-order valence-electron chi connectivity index (χ3n) is 5.16. The summed E-state index contributed by atoms with van der Waals surface area (Å²) in [7, 11) is 0. The zero-order valence-electron chi connectivity index (χ0n) is 17.1. The van der Waals surface area contributed by atoms with Gasteiger partial charge in [0, 0.05) is 5.69 Å². The van der Waals surface area contributed by atoms with E-state index in [2.05, 4.69) is 16.0 Å². The van der Waals surface area contributed by atoms with Gasteiger partial charge < -0.3 is 10.6 Å². The van der Waals surface area contributed by atoms with Crippen molar-refractivity contribution in [3.05, 3.63) is 65.2 Å². The van der Waals surface area contributed by atoms with Crippen LogP contribution >= 0.6 is 0 Å². The number of carbonyl (C=O) groups is 4. The summed E-state index contributed by atoms with van der Waals surface area (Å²) in [5, 5.41) is 7.46. The first-order valence-electron chi connectivity index (χ1n) is 9.64. The van der Waals surface area contributed by atoms with Gasteiger partial charge in [0.15, 0.2) is 0 Å². The molecule has 30 heavy (non-hydrogen) atoms. The zero-order chi connectivity index (χ0) is 21.9. The molecule has 0 aliphatic carbocycles. The summed E-state index contributed by atoms with van der Waals surface area (Å²) < 4.78 is 0. The average molecular weight is 408 g/mol. The molecule has 3 rings (SSSR count). The highest BCUT2D eigenvalue weighted by atomic mass is 16.2. The monoisotopic (exact) mass is 408 g/mol. The van der Waals surface area contributed by atoms with Gasteiger partial charge >= 0.3 is 12.1 Å². The molecule has 0 aromatic heterocycles. The van der Waals surface area contributed by atoms with Gasteiger partial charge in [0.05, 0.1) is 0 Å². The molecule has 156 valence electrons. The minimum Gasteiger partial charge on any atom is -0.319 e. The predicted octanol–water partition coefficient (Wildman–Crippen LogP) is 2.81. The van der Waals surface area contributed by atoms with Crippen molar-refractivity contribution in [3.8, 4) is 0 Å². The van der Waals surface area contributed by atoms with E-state index < -0.39 is 36.0 Å². The van der Waals surface area contributed by atoms with E-state index in [4.69, 9.17) is 0 Å². The Labute approximate surface area is 174 Å². The van der Waals surface area contributed by atoms with Gasteiger partial charge in [0.2, 0.25) is 5.91 Å². The Bertz CT molecular complexity index is 1010. The number of carbonyl (C=O) groups excluding carboxylic acids is 4. The minimum atomic E-state index is -1.22. The first-order valence-corrected chi connectivity index (χ1v) is 9.64. The second-order valence-electron chi connectivity index (χ2n) is 7.27. The predicted molar refractivity (Wildman–Crippen MR) is 112 cm³/mol. The van der Waals surface area contributed by atoms with Crippen molar-refractivity contribution in [1.29, 1.82) is 0 Å². The summed E-state index contributed by atoms with van der Waals surface area (Å²) in [6, 6.07) is 12.9. The number of hydrogen-bond acceptors (Lipinski definition) is 4. The fraction of sp³-hybridized carbons (Fsp3) is 0.273. The maximum Gasteiger partial charge on any atom is 0.325 e. The zero-order valence-corrected chi connectivity index (χ0v) is 17.1. The third kappa shape index (κ3) is 4.03. The molecule has 6 amide bonds. The van der Waals surface area contributed by atoms with Crippen LogP contribution in [0.25, 0.3) is 0 Å². The first-order chi connectivity index (χ1) is 14.3. The van der Waals surface area contributed by atoms with Crippen molar-refractivity contribution in [2.75, 3.05) is 11.9 Å². The van der Waals surface area contributed by atoms with Gasteiger partial charge in [-0.15, -0.1) is 0 Å². The lowest BCUT2D eigenvalue weighted by Gasteiger charge is -2.25. The van der Waals surface area contributed by atoms with Crippen molar-refractivity contribution in [3.63, 3.8) is 0 Å². The third-order valence-corrected chi connectivity index (χ3v) is 5.16. The molecule has 2 aromatic rings. The Morgan fingerprint density at radius 2 is 1.77 bits per heavy atom. The van der Waals surface area contributed by atoms with Crippen LogP contribution in [0.5, 0.6) is 0 Å². The molecule has 2 aromatic carbocycles. The van der Waals surface area contributed by atoms with Gasteiger partial charge in [-0.2, -0.15) is 0 Å². The van der Waals surface area contributed by atoms with Crippen molar-refractivity contribution < 1.29 is 19.2 Å². The van der Waals surface area contributed by atoms with Crippen LogP contribution in [0.1, 0.15) is 30.0 Å². The van der Waals surface area contributed by atoms with Gasteiger partial charge in [-0.25, -0.2) is 9.59 Å². The summed E-state index contributed by atoms with van der Waals surface area (Å²) in [6.07, 6.45) is 0.326. The molecular formula is C22H24N4O4. The van der Waals surface area contributed by atoms with E-state index in [1.165, 1.54) is 0 Å². The fourth-order valence-electron chi connectivity index (χ4n) is 3.55. The Kier molecular flexibility index (Phi) is 5.86. The molecule has 1 aliphatic rings. The topological polar surface area (TPSA) is 108 Å². The minimum absolute atomic E-state index is 0.326. The van der Waals surface area contributed by atoms with Crippen molar-refractivity contribution in [1.82, 2.24) is 15.5 Å². The lowest BCUT2D eigenvalue weighted by molar-refractivity contribution is -0.135. The summed E-state index contributed by atoms with van der Waals surface area (Å²) in [5.41, 5.74) is 1.88. The number of benzene rings is 2. The van der Waals surface area contributed by atoms with Gasteiger partial charge in [0.1, 0.15) is 12.1 Å². The van der Waals surface area contributed by atoms with E-state index in [9.17, 15) is 19.2 Å². The normalized spacial score (nSPS) is 18.2. The maximum absolute atomic E-state index is 13.0. The lowest BCUT2D eigenvalue weighted by Crippen LogP contribution is -2.46. The number of rotatable bonds is 5. The van der Waals surface area contributed by atoms with Gasteiger partial charge in [-0.05, 0) is 37.5 Å². The smallest absolute Gasteiger partial charge is 0.319 e. The van der Waals surface area contributed by atoms with E-state index in [1.807, 2.05) is 32.0 Å². The molecule has 0 saturated carbocycles. The van der Waals surface area contributed by atoms with Gasteiger partial charge in [-0.3, -0.25) is 19.8 Å². The van der Waals surface area contributed by atoms with Crippen molar-refractivity contribution in [2.24, 2.45) is 0 Å². The molecule has 0 unspecified atom stereocenters. The first kappa shape index (κ1) is 21.0. The largest absolute Gasteiger partial charge is 0.325 e. The number of urea groups is 2. The van der Waals surface area contributed by atoms with E-state index >= 15 is 0 Å². The molecule has 0 bridgehead atoms. The van der Waals surface area contributed by atoms with Crippen LogP contribution in [0, 0.1) is 13.8 Å². The van der Waals surface area contributed by atoms with Crippen LogP contribution in [0.15, 0.2) is 48.5 Å². The number of nitrogens with zero attached hydrogens (tertiary/aromatic N) is 1. The number of anilines is 1. The van der Waals surface area contributed by atoms with Crippen molar-refractivity contribution in [2.45, 2.75) is 32.7 Å². The van der Waals surface area contributed by atoms with E-state index in [1.54, 1.807) is 37.3 Å². The molecule has 1 saturated heterocycles. The lowest BCUT2D eigenvalue weighted by atomic mass is 9.87. The average Bonchev–Trinajstić information content (AvgIpc) is 2.96. The molecule has 8 nitrogen and oxygen atoms in total. The molecule has 0 spiro atoms. The van der Waals surface area contributed by atoms with Gasteiger partial charge in [-0.1, -0.05) is 55.0 Å². The second kappa shape index (κ2) is 8.36. The number of nitrogens with one attached hydrogen (secondary N) is 3. The van der Waals surface area contributed by atoms with Crippen molar-refractivity contribution >= 4 is 29.6 Å². The van der Waals surface area contributed by atoms with E-state index in [-0.39, 0.29) is 0 Å². The Morgan fingerprint density at radius 3 is 2.40 bits per heavy atom. The Balaban J connectivity index is 1.67. The van der Waals surface area contributed by atoms with Crippen LogP contribution in [0.2, 0.25) is 0 Å². The SMILES string of the molecule is CC[C@]1(c2ccccc2)NC(=O)N(CC(=O)NC(=O)Nc2ccc(C)cc2C)C1=O. The molecular weight excluding hydrogens is 384 g/mol. The van der Waals surface area contributed by atoms with E-state index in [0.29, 0.717) is 17.7 Å². The quantitative estimate of drug-likeness (QED) is 0.661. The molecule has 1 atom stereocenters. The van der Waals surface area contributed by atoms with Crippen LogP contribution in [-0.2, 0) is 15.1 Å². The Morgan fingerprint density at radius 1 is 1.07 bits per heavy atom. The van der Waals surface area contributed by atoms with Gasteiger partial charge in [0.25, 0.3) is 5.91 Å². The molecule has 3 N–H and O–H groups in total. The van der Waals surface area contributed by atoms with E-state index in [0.717, 1.165) is 16.0 Å². The number of imide groups is 2. The summed E-state index contributed by atoms with van der Waals surface area (Å²) in [4.78, 5) is 50.8. The molecule has 8 heteroatoms. The maximum atomic E-state index is 13.0. The highest BCUT2D eigenvalue weighted by molar-refractivity contribution is 6.11. The second-order valence-corrected chi connectivity index (χ2v) is 7.27. The van der Waals surface area contributed by atoms with Crippen LogP contribution in [0.3, 0.4) is 0 Å². The highest BCUT2D eigenvalue weighted by Crippen LogP contribution is 2.32. The number of aryl methyl sites for hydroxylation is 2. The van der Waals surface area contributed by atoms with Crippen LogP contribution in [0.4, 0.5) is 15.3 Å². The number of hydrogen-bond donors (Lipinski definition) is 3. The molecule has 1 aliphatic heterocycles. The van der Waals surface area contributed by atoms with Crippen LogP contribution < -0.4 is 16.0 Å². The number of amides is 6. The summed E-state index contributed by atoms with van der Waals surface area (Å²) in [6.45, 7) is 5.00. The fourth-order valence-corrected chi connectivity index (χ4v) is 3.55. The standard InChI is InChI=1S/C22H24N4O4/c1-4-22(16-8-6-5-7-9-16)19(28)26(21(30)25-22)13-18(27)24-20(29)23-17-11-10-14(2)12-15(17)3/h5-12H,4,13H2,1-3H3,(H,25,30)(H2,23,24,27,29)/t22-/m1/s1. The molecule has 1 fully saturated rings.